The quantitative estimate of drug-likeness (QED) is 0.0238. The van der Waals surface area contributed by atoms with Gasteiger partial charge in [-0.25, -0.2) is 23.4 Å². The Balaban J connectivity index is 1.61. The van der Waals surface area contributed by atoms with Crippen molar-refractivity contribution in [3.05, 3.63) is 24.2 Å². The smallest absolute Gasteiger partial charge is 0.455 e. The molecule has 2 aromatic rings. The zero-order chi connectivity index (χ0) is 44.5. The number of carbonyl (C=O) groups excluding carboxylic acids is 3. The van der Waals surface area contributed by atoms with Crippen LogP contribution in [0.25, 0.3) is 5.52 Å². The van der Waals surface area contributed by atoms with Gasteiger partial charge < -0.3 is 34.2 Å². The highest BCUT2D eigenvalue weighted by molar-refractivity contribution is 7.48. The average Bonchev–Trinajstić information content (AvgIpc) is 3.80. The first kappa shape index (κ1) is 51.5. The molecule has 61 heavy (non-hydrogen) atoms. The lowest BCUT2D eigenvalue weighted by molar-refractivity contribution is -0.169. The van der Waals surface area contributed by atoms with Gasteiger partial charge in [0.2, 0.25) is 12.4 Å². The van der Waals surface area contributed by atoms with Crippen LogP contribution in [0.3, 0.4) is 0 Å². The molecular formula is C42H68N5O13P. The predicted molar refractivity (Wildman–Crippen MR) is 224 cm³/mol. The lowest BCUT2D eigenvalue weighted by Crippen LogP contribution is -2.46. The van der Waals surface area contributed by atoms with Crippen molar-refractivity contribution in [2.75, 3.05) is 39.0 Å². The van der Waals surface area contributed by atoms with Crippen LogP contribution in [0.5, 0.6) is 0 Å². The van der Waals surface area contributed by atoms with Gasteiger partial charge >= 0.3 is 25.9 Å². The van der Waals surface area contributed by atoms with Crippen LogP contribution in [0, 0.1) is 11.3 Å². The molecule has 0 aliphatic carbocycles. The van der Waals surface area contributed by atoms with Crippen molar-refractivity contribution in [3.63, 3.8) is 0 Å². The van der Waals surface area contributed by atoms with Crippen molar-refractivity contribution >= 4 is 37.3 Å². The molecular weight excluding hydrogens is 813 g/mol. The van der Waals surface area contributed by atoms with Gasteiger partial charge in [0, 0.05) is 26.1 Å². The van der Waals surface area contributed by atoms with Gasteiger partial charge in [-0.2, -0.15) is 10.4 Å². The maximum absolute atomic E-state index is 14.0. The Morgan fingerprint density at radius 1 is 0.852 bits per heavy atom. The number of rotatable bonds is 32. The van der Waals surface area contributed by atoms with E-state index in [0.717, 1.165) is 12.8 Å². The third kappa shape index (κ3) is 17.1. The third-order valence-electron chi connectivity index (χ3n) is 9.98. The zero-order valence-corrected chi connectivity index (χ0v) is 37.6. The molecule has 0 aromatic carbocycles. The average molecular weight is 882 g/mol. The summed E-state index contributed by atoms with van der Waals surface area (Å²) in [4.78, 5) is 41.6. The van der Waals surface area contributed by atoms with Gasteiger partial charge in [0.25, 0.3) is 0 Å². The van der Waals surface area contributed by atoms with E-state index in [1.165, 1.54) is 94.0 Å². The van der Waals surface area contributed by atoms with Gasteiger partial charge in [-0.15, -0.1) is 0 Å². The highest BCUT2D eigenvalue weighted by Gasteiger charge is 2.62. The number of esters is 2. The number of hydrogen-bond acceptors (Lipinski definition) is 17. The van der Waals surface area contributed by atoms with Gasteiger partial charge in [0.05, 0.1) is 25.0 Å². The number of nitrogen functional groups attached to an aromatic ring is 1. The molecule has 1 aliphatic rings. The van der Waals surface area contributed by atoms with E-state index < -0.39 is 69.3 Å². The van der Waals surface area contributed by atoms with Crippen LogP contribution in [0.15, 0.2) is 18.5 Å². The summed E-state index contributed by atoms with van der Waals surface area (Å²) in [6, 6.07) is 5.12. The first-order valence-corrected chi connectivity index (χ1v) is 23.4. The Morgan fingerprint density at radius 2 is 1.46 bits per heavy atom. The van der Waals surface area contributed by atoms with Gasteiger partial charge in [-0.1, -0.05) is 104 Å². The lowest BCUT2D eigenvalue weighted by atomic mass is 9.92. The number of fused-ring (bicyclic) bond motifs is 1. The fourth-order valence-corrected chi connectivity index (χ4v) is 7.83. The second-order valence-electron chi connectivity index (χ2n) is 15.2. The summed E-state index contributed by atoms with van der Waals surface area (Å²) < 4.78 is 65.4. The minimum absolute atomic E-state index is 0.0775. The van der Waals surface area contributed by atoms with Gasteiger partial charge in [0.1, 0.15) is 24.0 Å². The molecule has 2 N–H and O–H groups in total. The van der Waals surface area contributed by atoms with Crippen LogP contribution in [0.2, 0.25) is 0 Å². The van der Waals surface area contributed by atoms with E-state index in [2.05, 4.69) is 23.1 Å². The van der Waals surface area contributed by atoms with E-state index in [9.17, 15) is 24.2 Å². The molecule has 0 amide bonds. The summed E-state index contributed by atoms with van der Waals surface area (Å²) in [5.74, 6) is -1.34. The molecule has 1 fully saturated rings. The molecule has 0 bridgehead atoms. The summed E-state index contributed by atoms with van der Waals surface area (Å²) in [5, 5.41) is 15.0. The molecule has 1 aliphatic heterocycles. The van der Waals surface area contributed by atoms with E-state index in [1.807, 2.05) is 0 Å². The van der Waals surface area contributed by atoms with Gasteiger partial charge in [0.15, 0.2) is 18.0 Å². The van der Waals surface area contributed by atoms with Crippen molar-refractivity contribution in [2.45, 2.75) is 174 Å². The molecule has 19 heteroatoms. The number of carbonyl (C=O) groups is 3. The highest BCUT2D eigenvalue weighted by atomic mass is 31.2. The Kier molecular flexibility index (Phi) is 23.6. The number of anilines is 1. The Labute approximate surface area is 360 Å². The second-order valence-corrected chi connectivity index (χ2v) is 16.9. The number of hydrogen-bond donors (Lipinski definition) is 1. The van der Waals surface area contributed by atoms with Crippen molar-refractivity contribution in [1.82, 2.24) is 14.6 Å². The summed E-state index contributed by atoms with van der Waals surface area (Å²) in [6.07, 6.45) is 13.1. The van der Waals surface area contributed by atoms with Crippen molar-refractivity contribution in [2.24, 2.45) is 0 Å². The number of phosphoric ester groups is 1. The standard InChI is InChI=1S/C42H68N5O13P/c1-6-9-10-11-12-13-14-15-16-17-18-19-20-21-25-52-26-22-27-54-61(51,56-31-53-41(50)57-32(4)5)55-28-34-38(58-36(48)7-2)39(59-37(49)8-3)42(29-43,60-34)35-24-23-33-40(44)45-30-46-47(33)35/h23-24,30,32,34,38-39H,6-22,25-28,31H2,1-5H3,(H2,44,45,46)/t34-,38-,39-,42+,61?/m1/s1. The summed E-state index contributed by atoms with van der Waals surface area (Å²) in [5.41, 5.74) is 4.31. The van der Waals surface area contributed by atoms with Crippen molar-refractivity contribution < 1.29 is 60.9 Å². The zero-order valence-electron chi connectivity index (χ0n) is 36.7. The van der Waals surface area contributed by atoms with Crippen LogP contribution in [-0.4, -0.2) is 90.3 Å². The number of ether oxygens (including phenoxy) is 6. The molecule has 5 atom stereocenters. The number of nitrogens with zero attached hydrogens (tertiary/aromatic N) is 4. The van der Waals surface area contributed by atoms with Crippen molar-refractivity contribution in [1.29, 1.82) is 5.26 Å². The first-order chi connectivity index (χ1) is 29.4. The minimum Gasteiger partial charge on any atom is -0.455 e. The second kappa shape index (κ2) is 28.0. The van der Waals surface area contributed by atoms with Gasteiger partial charge in [-0.3, -0.25) is 18.6 Å². The number of nitriles is 1. The van der Waals surface area contributed by atoms with Crippen LogP contribution in [0.4, 0.5) is 10.6 Å². The maximum atomic E-state index is 14.0. The predicted octanol–water partition coefficient (Wildman–Crippen LogP) is 8.64. The monoisotopic (exact) mass is 881 g/mol. The third-order valence-corrected chi connectivity index (χ3v) is 11.4. The number of aromatic nitrogens is 3. The topological polar surface area (TPSA) is 231 Å². The van der Waals surface area contributed by atoms with E-state index in [0.29, 0.717) is 25.2 Å². The molecule has 0 saturated carbocycles. The fourth-order valence-electron chi connectivity index (χ4n) is 6.74. The van der Waals surface area contributed by atoms with Crippen LogP contribution in [-0.2, 0) is 61.7 Å². The SMILES string of the molecule is CCCCCCCCCCCCCCCCOCCCOP(=O)(OCOC(=O)OC(C)C)OC[C@H]1O[C@@](C#N)(c2ccc3c(N)ncnn23)[C@H](OC(=O)CC)[C@@H]1OC(=O)CC. The fraction of sp³-hybridized carbons (Fsp3) is 0.762. The Morgan fingerprint density at radius 3 is 2.07 bits per heavy atom. The van der Waals surface area contributed by atoms with E-state index in [-0.39, 0.29) is 31.0 Å². The summed E-state index contributed by atoms with van der Waals surface area (Å²) in [6.45, 7) is 7.80. The first-order valence-electron chi connectivity index (χ1n) is 21.9. The lowest BCUT2D eigenvalue weighted by Gasteiger charge is -2.28. The largest absolute Gasteiger partial charge is 0.510 e. The normalized spacial score (nSPS) is 19.7. The van der Waals surface area contributed by atoms with Crippen LogP contribution in [0.1, 0.15) is 149 Å². The molecule has 1 saturated heterocycles. The summed E-state index contributed by atoms with van der Waals surface area (Å²) in [7, 11) is -4.57. The van der Waals surface area contributed by atoms with E-state index in [4.69, 9.17) is 47.7 Å². The molecule has 3 rings (SSSR count). The van der Waals surface area contributed by atoms with Crippen LogP contribution >= 0.6 is 7.82 Å². The molecule has 1 unspecified atom stereocenters. The highest BCUT2D eigenvalue weighted by Crippen LogP contribution is 2.51. The van der Waals surface area contributed by atoms with E-state index >= 15 is 0 Å². The maximum Gasteiger partial charge on any atom is 0.510 e. The van der Waals surface area contributed by atoms with E-state index in [1.54, 1.807) is 33.8 Å². The van der Waals surface area contributed by atoms with Crippen LogP contribution < -0.4 is 5.73 Å². The molecule has 0 spiro atoms. The van der Waals surface area contributed by atoms with Crippen molar-refractivity contribution in [3.8, 4) is 6.07 Å². The molecule has 0 radical (unpaired) electrons. The molecule has 344 valence electrons. The minimum atomic E-state index is -4.57. The number of unbranched alkanes of at least 4 members (excludes halogenated alkanes) is 13. The Bertz CT molecular complexity index is 1700. The molecule has 2 aromatic heterocycles. The summed E-state index contributed by atoms with van der Waals surface area (Å²) >= 11 is 0. The van der Waals surface area contributed by atoms with Gasteiger partial charge in [-0.05, 0) is 38.8 Å². The molecule has 3 heterocycles. The number of phosphoric acid groups is 1. The number of nitrogens with two attached hydrogens (primary N) is 1. The Hall–Kier alpha value is -3.85. The molecule has 18 nitrogen and oxygen atoms in total.